The van der Waals surface area contributed by atoms with E-state index in [-0.39, 0.29) is 6.61 Å². The lowest BCUT2D eigenvalue weighted by Gasteiger charge is -2.36. The highest BCUT2D eigenvalue weighted by Gasteiger charge is 2.63. The summed E-state index contributed by atoms with van der Waals surface area (Å²) < 4.78 is 11.0. The Labute approximate surface area is 129 Å². The van der Waals surface area contributed by atoms with Crippen molar-refractivity contribution in [3.8, 4) is 5.75 Å². The molecular weight excluding hydrogens is 280 g/mol. The molecular formula is C18H18O4. The summed E-state index contributed by atoms with van der Waals surface area (Å²) in [7, 11) is 0. The van der Waals surface area contributed by atoms with Gasteiger partial charge < -0.3 is 14.6 Å². The average Bonchev–Trinajstić information content (AvgIpc) is 2.79. The molecule has 0 saturated heterocycles. The van der Waals surface area contributed by atoms with Crippen LogP contribution in [0.4, 0.5) is 0 Å². The fraction of sp³-hybridized carbons (Fsp3) is 0.278. The zero-order chi connectivity index (χ0) is 15.8. The molecule has 114 valence electrons. The lowest BCUT2D eigenvalue weighted by atomic mass is 9.75. The van der Waals surface area contributed by atoms with E-state index in [0.717, 1.165) is 0 Å². The van der Waals surface area contributed by atoms with Crippen LogP contribution in [0.25, 0.3) is 0 Å². The normalized spacial score (nSPS) is 26.1. The van der Waals surface area contributed by atoms with Gasteiger partial charge in [-0.1, -0.05) is 48.5 Å². The summed E-state index contributed by atoms with van der Waals surface area (Å²) in [5.74, 6) is -0.0954. The molecule has 1 heterocycles. The molecule has 0 bridgehead atoms. The monoisotopic (exact) mass is 298 g/mol. The second-order valence-electron chi connectivity index (χ2n) is 5.43. The lowest BCUT2D eigenvalue weighted by Crippen LogP contribution is -2.56. The maximum absolute atomic E-state index is 12.5. The molecule has 0 fully saturated rings. The molecule has 0 radical (unpaired) electrons. The minimum atomic E-state index is -1.60. The van der Waals surface area contributed by atoms with Crippen molar-refractivity contribution in [2.45, 2.75) is 25.0 Å². The smallest absolute Gasteiger partial charge is 0.354 e. The Morgan fingerprint density at radius 2 is 1.77 bits per heavy atom. The summed E-state index contributed by atoms with van der Waals surface area (Å²) in [6.07, 6.45) is 0. The molecule has 1 aliphatic rings. The fourth-order valence-corrected chi connectivity index (χ4v) is 2.97. The van der Waals surface area contributed by atoms with E-state index >= 15 is 0 Å². The fourth-order valence-electron chi connectivity index (χ4n) is 2.97. The van der Waals surface area contributed by atoms with Gasteiger partial charge in [0.15, 0.2) is 5.60 Å². The maximum Gasteiger partial charge on any atom is 0.354 e. The van der Waals surface area contributed by atoms with Gasteiger partial charge in [-0.25, -0.2) is 4.79 Å². The van der Waals surface area contributed by atoms with Gasteiger partial charge in [0, 0.05) is 5.56 Å². The van der Waals surface area contributed by atoms with E-state index in [4.69, 9.17) is 9.47 Å². The first-order valence-electron chi connectivity index (χ1n) is 7.27. The van der Waals surface area contributed by atoms with Crippen molar-refractivity contribution in [1.29, 1.82) is 0 Å². The van der Waals surface area contributed by atoms with Crippen LogP contribution < -0.4 is 4.74 Å². The summed E-state index contributed by atoms with van der Waals surface area (Å²) in [5.41, 5.74) is -1.97. The zero-order valence-electron chi connectivity index (χ0n) is 12.6. The number of hydrogen-bond acceptors (Lipinski definition) is 4. The number of esters is 1. The standard InChI is InChI=1S/C18H18O4/c1-3-21-16(19)17(2)18(20,13-9-5-4-6-10-13)14-11-7-8-12-15(14)22-17/h4-12,20H,3H2,1-2H3. The van der Waals surface area contributed by atoms with E-state index in [1.807, 2.05) is 24.3 Å². The molecule has 1 N–H and O–H groups in total. The molecule has 2 aromatic carbocycles. The molecule has 1 aliphatic heterocycles. The topological polar surface area (TPSA) is 55.8 Å². The molecule has 0 amide bonds. The summed E-state index contributed by atoms with van der Waals surface area (Å²) in [6, 6.07) is 16.2. The molecule has 2 unspecified atom stereocenters. The number of ether oxygens (including phenoxy) is 2. The Hall–Kier alpha value is -2.33. The van der Waals surface area contributed by atoms with Crippen LogP contribution in [0.3, 0.4) is 0 Å². The summed E-state index contributed by atoms with van der Waals surface area (Å²) in [5, 5.41) is 11.5. The predicted octanol–water partition coefficient (Wildman–Crippen LogP) is 2.64. The van der Waals surface area contributed by atoms with Crippen molar-refractivity contribution in [1.82, 2.24) is 0 Å². The van der Waals surface area contributed by atoms with Crippen molar-refractivity contribution in [3.05, 3.63) is 65.7 Å². The third-order valence-electron chi connectivity index (χ3n) is 4.14. The number of aliphatic hydroxyl groups is 1. The highest BCUT2D eigenvalue weighted by Crippen LogP contribution is 2.51. The lowest BCUT2D eigenvalue weighted by molar-refractivity contribution is -0.175. The van der Waals surface area contributed by atoms with Crippen molar-refractivity contribution < 1.29 is 19.4 Å². The van der Waals surface area contributed by atoms with E-state index < -0.39 is 17.2 Å². The van der Waals surface area contributed by atoms with Gasteiger partial charge in [-0.3, -0.25) is 0 Å². The molecule has 22 heavy (non-hydrogen) atoms. The Balaban J connectivity index is 2.22. The van der Waals surface area contributed by atoms with Crippen LogP contribution in [0.15, 0.2) is 54.6 Å². The predicted molar refractivity (Wildman–Crippen MR) is 81.5 cm³/mol. The minimum absolute atomic E-state index is 0.221. The first-order chi connectivity index (χ1) is 10.5. The SMILES string of the molecule is CCOC(=O)C1(C)Oc2ccccc2C1(O)c1ccccc1. The van der Waals surface area contributed by atoms with E-state index in [1.165, 1.54) is 0 Å². The van der Waals surface area contributed by atoms with E-state index in [0.29, 0.717) is 16.9 Å². The summed E-state index contributed by atoms with van der Waals surface area (Å²) in [4.78, 5) is 12.5. The van der Waals surface area contributed by atoms with Crippen LogP contribution in [0.5, 0.6) is 5.75 Å². The third kappa shape index (κ3) is 1.84. The molecule has 0 saturated carbocycles. The minimum Gasteiger partial charge on any atom is -0.472 e. The van der Waals surface area contributed by atoms with Crippen LogP contribution in [-0.4, -0.2) is 23.3 Å². The molecule has 0 aromatic heterocycles. The Morgan fingerprint density at radius 1 is 1.14 bits per heavy atom. The van der Waals surface area contributed by atoms with Gasteiger partial charge in [-0.15, -0.1) is 0 Å². The number of benzene rings is 2. The van der Waals surface area contributed by atoms with Crippen molar-refractivity contribution in [2.24, 2.45) is 0 Å². The van der Waals surface area contributed by atoms with Gasteiger partial charge >= 0.3 is 5.97 Å². The second kappa shape index (κ2) is 5.14. The van der Waals surface area contributed by atoms with E-state index in [1.54, 1.807) is 44.2 Å². The van der Waals surface area contributed by atoms with Gasteiger partial charge in [0.1, 0.15) is 5.75 Å². The number of fused-ring (bicyclic) bond motifs is 1. The average molecular weight is 298 g/mol. The molecule has 3 rings (SSSR count). The highest BCUT2D eigenvalue weighted by atomic mass is 16.6. The van der Waals surface area contributed by atoms with Crippen molar-refractivity contribution in [3.63, 3.8) is 0 Å². The van der Waals surface area contributed by atoms with E-state index in [2.05, 4.69) is 0 Å². The van der Waals surface area contributed by atoms with Crippen LogP contribution in [0.1, 0.15) is 25.0 Å². The number of para-hydroxylation sites is 1. The van der Waals surface area contributed by atoms with Crippen LogP contribution in [-0.2, 0) is 15.1 Å². The molecule has 4 heteroatoms. The maximum atomic E-state index is 12.5. The zero-order valence-corrected chi connectivity index (χ0v) is 12.6. The Bertz CT molecular complexity index is 697. The third-order valence-corrected chi connectivity index (χ3v) is 4.14. The Kier molecular flexibility index (Phi) is 3.41. The quantitative estimate of drug-likeness (QED) is 0.885. The molecule has 0 spiro atoms. The molecule has 2 aromatic rings. The van der Waals surface area contributed by atoms with Gasteiger partial charge in [0.05, 0.1) is 6.61 Å². The summed E-state index contributed by atoms with van der Waals surface area (Å²) in [6.45, 7) is 3.52. The van der Waals surface area contributed by atoms with Gasteiger partial charge in [-0.05, 0) is 25.5 Å². The van der Waals surface area contributed by atoms with Gasteiger partial charge in [0.25, 0.3) is 0 Å². The van der Waals surface area contributed by atoms with Crippen LogP contribution >= 0.6 is 0 Å². The van der Waals surface area contributed by atoms with Crippen molar-refractivity contribution in [2.75, 3.05) is 6.61 Å². The molecule has 2 atom stereocenters. The largest absolute Gasteiger partial charge is 0.472 e. The van der Waals surface area contributed by atoms with Crippen LogP contribution in [0.2, 0.25) is 0 Å². The first-order valence-corrected chi connectivity index (χ1v) is 7.27. The summed E-state index contributed by atoms with van der Waals surface area (Å²) >= 11 is 0. The van der Waals surface area contributed by atoms with Crippen LogP contribution in [0, 0.1) is 0 Å². The first kappa shape index (κ1) is 14.6. The van der Waals surface area contributed by atoms with E-state index in [9.17, 15) is 9.90 Å². The van der Waals surface area contributed by atoms with Gasteiger partial charge in [0.2, 0.25) is 5.60 Å². The number of rotatable bonds is 3. The number of carbonyl (C=O) groups excluding carboxylic acids is 1. The molecule has 0 aliphatic carbocycles. The van der Waals surface area contributed by atoms with Crippen molar-refractivity contribution >= 4 is 5.97 Å². The number of carbonyl (C=O) groups is 1. The molecule has 4 nitrogen and oxygen atoms in total. The Morgan fingerprint density at radius 3 is 2.45 bits per heavy atom. The number of hydrogen-bond donors (Lipinski definition) is 1. The highest BCUT2D eigenvalue weighted by molar-refractivity contribution is 5.85. The second-order valence-corrected chi connectivity index (χ2v) is 5.43. The van der Waals surface area contributed by atoms with Gasteiger partial charge in [-0.2, -0.15) is 0 Å².